The molecule has 10 nitrogen and oxygen atoms in total. The summed E-state index contributed by atoms with van der Waals surface area (Å²) < 4.78 is 0. The molecule has 0 aliphatic carbocycles. The Balaban J connectivity index is 2.18. The van der Waals surface area contributed by atoms with Crippen LogP contribution in [0.1, 0.15) is 44.1 Å². The van der Waals surface area contributed by atoms with Crippen LogP contribution in [-0.2, 0) is 24.6 Å². The molecule has 0 aromatic heterocycles. The molecule has 2 atom stereocenters. The lowest BCUT2D eigenvalue weighted by Crippen LogP contribution is -2.57. The van der Waals surface area contributed by atoms with Gasteiger partial charge in [-0.1, -0.05) is 36.8 Å². The molecule has 32 heavy (non-hydrogen) atoms. The van der Waals surface area contributed by atoms with Crippen molar-refractivity contribution in [2.75, 3.05) is 19.6 Å². The molecule has 1 aromatic carbocycles. The lowest BCUT2D eigenvalue weighted by atomic mass is 9.71. The molecule has 7 N–H and O–H groups in total. The molecule has 0 bridgehead atoms. The van der Waals surface area contributed by atoms with E-state index in [0.717, 1.165) is 12.8 Å². The normalized spacial score (nSPS) is 17.2. The second-order valence-corrected chi connectivity index (χ2v) is 8.13. The largest absolute Gasteiger partial charge is 0.481 e. The van der Waals surface area contributed by atoms with E-state index in [1.54, 1.807) is 35.2 Å². The maximum atomic E-state index is 13.3. The van der Waals surface area contributed by atoms with E-state index in [9.17, 15) is 24.3 Å². The Hall–Kier alpha value is -2.98. The van der Waals surface area contributed by atoms with Gasteiger partial charge in [-0.2, -0.15) is 0 Å². The number of likely N-dealkylation sites (tertiary alicyclic amines) is 1. The number of carbonyl (C=O) groups is 4. The van der Waals surface area contributed by atoms with Crippen molar-refractivity contribution in [3.05, 3.63) is 35.9 Å². The first-order chi connectivity index (χ1) is 15.2. The van der Waals surface area contributed by atoms with Gasteiger partial charge in [0.15, 0.2) is 0 Å². The van der Waals surface area contributed by atoms with Crippen molar-refractivity contribution >= 4 is 23.8 Å². The standard InChI is InChI=1S/C22H32N4O6/c23-11-5-4-8-16(24)19(29)26-12-9-22(10-13-26,15-6-2-1-3-7-15)21(32)25-17(20(30)31)14-18(27)28/h1-3,6-7,16-17H,4-5,8-14,23-24H2,(H,25,32)(H,27,28)(H,30,31)/t16-,17-/m0/s1. The minimum absolute atomic E-state index is 0.182. The summed E-state index contributed by atoms with van der Waals surface area (Å²) in [5.74, 6) is -3.48. The van der Waals surface area contributed by atoms with Crippen molar-refractivity contribution in [2.45, 2.75) is 56.0 Å². The fourth-order valence-corrected chi connectivity index (χ4v) is 4.05. The van der Waals surface area contributed by atoms with Gasteiger partial charge in [0.05, 0.1) is 17.9 Å². The number of nitrogens with one attached hydrogen (secondary N) is 1. The number of nitrogens with two attached hydrogens (primary N) is 2. The van der Waals surface area contributed by atoms with Gasteiger partial charge >= 0.3 is 11.9 Å². The molecule has 1 aliphatic heterocycles. The lowest BCUT2D eigenvalue weighted by molar-refractivity contribution is -0.148. The van der Waals surface area contributed by atoms with E-state index in [0.29, 0.717) is 18.5 Å². The predicted molar refractivity (Wildman–Crippen MR) is 117 cm³/mol. The third-order valence-corrected chi connectivity index (χ3v) is 5.96. The van der Waals surface area contributed by atoms with E-state index in [1.807, 2.05) is 0 Å². The van der Waals surface area contributed by atoms with Crippen LogP contribution in [0.4, 0.5) is 0 Å². The van der Waals surface area contributed by atoms with Crippen LogP contribution in [0.5, 0.6) is 0 Å². The number of aliphatic carboxylic acids is 2. The van der Waals surface area contributed by atoms with Gasteiger partial charge in [-0.3, -0.25) is 14.4 Å². The number of benzene rings is 1. The van der Waals surface area contributed by atoms with Gasteiger partial charge in [-0.15, -0.1) is 0 Å². The van der Waals surface area contributed by atoms with Crippen molar-refractivity contribution in [3.8, 4) is 0 Å². The minimum Gasteiger partial charge on any atom is -0.481 e. The van der Waals surface area contributed by atoms with Crippen LogP contribution in [0.2, 0.25) is 0 Å². The molecule has 0 spiro atoms. The first-order valence-corrected chi connectivity index (χ1v) is 10.8. The number of piperidine rings is 1. The second-order valence-electron chi connectivity index (χ2n) is 8.13. The molecule has 1 aromatic rings. The van der Waals surface area contributed by atoms with Crippen molar-refractivity contribution in [3.63, 3.8) is 0 Å². The fourth-order valence-electron chi connectivity index (χ4n) is 4.05. The molecule has 1 fully saturated rings. The van der Waals surface area contributed by atoms with E-state index < -0.39 is 41.8 Å². The number of amides is 2. The summed E-state index contributed by atoms with van der Waals surface area (Å²) in [5.41, 5.74) is 11.1. The maximum absolute atomic E-state index is 13.3. The quantitative estimate of drug-likeness (QED) is 0.295. The highest BCUT2D eigenvalue weighted by molar-refractivity contribution is 5.93. The van der Waals surface area contributed by atoms with Crippen LogP contribution in [0.3, 0.4) is 0 Å². The number of hydrogen-bond donors (Lipinski definition) is 5. The van der Waals surface area contributed by atoms with Crippen LogP contribution in [0, 0.1) is 0 Å². The zero-order chi connectivity index (χ0) is 23.7. The summed E-state index contributed by atoms with van der Waals surface area (Å²) in [5, 5.41) is 20.7. The number of unbranched alkanes of at least 4 members (excludes halogenated alkanes) is 1. The number of carbonyl (C=O) groups excluding carboxylic acids is 2. The summed E-state index contributed by atoms with van der Waals surface area (Å²) in [6.45, 7) is 1.10. The summed E-state index contributed by atoms with van der Waals surface area (Å²) in [6.07, 6.45) is 1.89. The Kier molecular flexibility index (Phi) is 9.15. The van der Waals surface area contributed by atoms with E-state index in [1.165, 1.54) is 0 Å². The molecule has 10 heteroatoms. The highest BCUT2D eigenvalue weighted by Gasteiger charge is 2.45. The van der Waals surface area contributed by atoms with Crippen molar-refractivity contribution in [1.29, 1.82) is 0 Å². The summed E-state index contributed by atoms with van der Waals surface area (Å²) in [6, 6.07) is 6.74. The Bertz CT molecular complexity index is 808. The molecular weight excluding hydrogens is 416 g/mol. The van der Waals surface area contributed by atoms with Crippen LogP contribution in [-0.4, -0.2) is 70.6 Å². The second kappa shape index (κ2) is 11.6. The molecule has 0 unspecified atom stereocenters. The molecular formula is C22H32N4O6. The molecule has 176 valence electrons. The van der Waals surface area contributed by atoms with E-state index >= 15 is 0 Å². The highest BCUT2D eigenvalue weighted by atomic mass is 16.4. The smallest absolute Gasteiger partial charge is 0.326 e. The van der Waals surface area contributed by atoms with Gasteiger partial charge in [0.1, 0.15) is 6.04 Å². The van der Waals surface area contributed by atoms with Gasteiger partial charge < -0.3 is 31.9 Å². The van der Waals surface area contributed by atoms with E-state index in [-0.39, 0.29) is 31.8 Å². The van der Waals surface area contributed by atoms with Gasteiger partial charge in [-0.25, -0.2) is 4.79 Å². The monoisotopic (exact) mass is 448 g/mol. The van der Waals surface area contributed by atoms with Crippen molar-refractivity contribution in [1.82, 2.24) is 10.2 Å². The highest BCUT2D eigenvalue weighted by Crippen LogP contribution is 2.36. The number of rotatable bonds is 11. The van der Waals surface area contributed by atoms with Crippen molar-refractivity contribution < 1.29 is 29.4 Å². The van der Waals surface area contributed by atoms with E-state index in [4.69, 9.17) is 16.6 Å². The number of hydrogen-bond acceptors (Lipinski definition) is 6. The number of carboxylic acids is 2. The molecule has 0 radical (unpaired) electrons. The first kappa shape index (κ1) is 25.3. The predicted octanol–water partition coefficient (Wildman–Crippen LogP) is 0.0472. The summed E-state index contributed by atoms with van der Waals surface area (Å²) in [4.78, 5) is 50.1. The van der Waals surface area contributed by atoms with Crippen LogP contribution in [0.15, 0.2) is 30.3 Å². The summed E-state index contributed by atoms with van der Waals surface area (Å²) in [7, 11) is 0. The van der Waals surface area contributed by atoms with Crippen LogP contribution >= 0.6 is 0 Å². The lowest BCUT2D eigenvalue weighted by Gasteiger charge is -2.42. The third-order valence-electron chi connectivity index (χ3n) is 5.96. The maximum Gasteiger partial charge on any atom is 0.326 e. The van der Waals surface area contributed by atoms with Gasteiger partial charge in [0.2, 0.25) is 11.8 Å². The van der Waals surface area contributed by atoms with Crippen LogP contribution < -0.4 is 16.8 Å². The molecule has 1 saturated heterocycles. The Morgan fingerprint density at radius 1 is 1.06 bits per heavy atom. The van der Waals surface area contributed by atoms with Crippen LogP contribution in [0.25, 0.3) is 0 Å². The van der Waals surface area contributed by atoms with E-state index in [2.05, 4.69) is 5.32 Å². The van der Waals surface area contributed by atoms with Gasteiger partial charge in [-0.05, 0) is 37.8 Å². The Labute approximate surface area is 186 Å². The topological polar surface area (TPSA) is 176 Å². The zero-order valence-electron chi connectivity index (χ0n) is 18.0. The van der Waals surface area contributed by atoms with Gasteiger partial charge in [0.25, 0.3) is 0 Å². The Morgan fingerprint density at radius 3 is 2.22 bits per heavy atom. The third kappa shape index (κ3) is 6.27. The van der Waals surface area contributed by atoms with Gasteiger partial charge in [0, 0.05) is 13.1 Å². The number of carboxylic acid groups (broad SMARTS) is 2. The SMILES string of the molecule is NCCCC[C@H](N)C(=O)N1CCC(C(=O)N[C@@H](CC(=O)O)C(=O)O)(c2ccccc2)CC1. The fraction of sp³-hybridized carbons (Fsp3) is 0.545. The number of nitrogens with zero attached hydrogens (tertiary/aromatic N) is 1. The molecule has 0 saturated carbocycles. The zero-order valence-corrected chi connectivity index (χ0v) is 18.0. The molecule has 1 heterocycles. The molecule has 2 amide bonds. The molecule has 2 rings (SSSR count). The van der Waals surface area contributed by atoms with Crippen molar-refractivity contribution in [2.24, 2.45) is 11.5 Å². The Morgan fingerprint density at radius 2 is 1.69 bits per heavy atom. The average Bonchev–Trinajstić information content (AvgIpc) is 2.78. The summed E-state index contributed by atoms with van der Waals surface area (Å²) >= 11 is 0. The minimum atomic E-state index is -1.55. The average molecular weight is 449 g/mol. The molecule has 1 aliphatic rings. The first-order valence-electron chi connectivity index (χ1n) is 10.8.